The summed E-state index contributed by atoms with van der Waals surface area (Å²) in [4.78, 5) is 2.54. The van der Waals surface area contributed by atoms with Crippen molar-refractivity contribution in [3.8, 4) is 17.2 Å². The number of nitrogens with one attached hydrogen (secondary N) is 1. The highest BCUT2D eigenvalue weighted by Crippen LogP contribution is 2.41. The third kappa shape index (κ3) is 3.65. The molecule has 1 atom stereocenters. The number of rotatable bonds is 7. The van der Waals surface area contributed by atoms with Gasteiger partial charge in [0.1, 0.15) is 0 Å². The number of methoxy groups -OCH3 is 3. The van der Waals surface area contributed by atoms with Crippen LogP contribution in [0.3, 0.4) is 0 Å². The van der Waals surface area contributed by atoms with Crippen molar-refractivity contribution in [2.45, 2.75) is 25.8 Å². The van der Waals surface area contributed by atoms with E-state index in [-0.39, 0.29) is 0 Å². The number of piperazine rings is 1. The smallest absolute Gasteiger partial charge is 0.203 e. The van der Waals surface area contributed by atoms with E-state index in [2.05, 4.69) is 29.3 Å². The van der Waals surface area contributed by atoms with Crippen LogP contribution >= 0.6 is 0 Å². The monoisotopic (exact) mass is 308 g/mol. The quantitative estimate of drug-likeness (QED) is 0.838. The zero-order chi connectivity index (χ0) is 15.9. The van der Waals surface area contributed by atoms with Crippen molar-refractivity contribution in [3.63, 3.8) is 0 Å². The highest BCUT2D eigenvalue weighted by atomic mass is 16.5. The van der Waals surface area contributed by atoms with Gasteiger partial charge in [0.2, 0.25) is 5.75 Å². The molecule has 0 bridgehead atoms. The molecule has 124 valence electrons. The highest BCUT2D eigenvalue weighted by Gasteiger charge is 2.24. The van der Waals surface area contributed by atoms with E-state index in [1.165, 1.54) is 5.56 Å². The predicted octanol–water partition coefficient (Wildman–Crippen LogP) is 2.46. The van der Waals surface area contributed by atoms with Crippen LogP contribution in [0.1, 0.15) is 31.4 Å². The first-order valence-electron chi connectivity index (χ1n) is 7.99. The lowest BCUT2D eigenvalue weighted by atomic mass is 9.98. The van der Waals surface area contributed by atoms with Crippen LogP contribution < -0.4 is 19.5 Å². The lowest BCUT2D eigenvalue weighted by Crippen LogP contribution is -2.45. The molecule has 1 N–H and O–H groups in total. The van der Waals surface area contributed by atoms with Crippen LogP contribution in [-0.4, -0.2) is 52.4 Å². The summed E-state index contributed by atoms with van der Waals surface area (Å²) in [6.45, 7) is 6.46. The minimum atomic E-state index is 0.390. The third-order valence-electron chi connectivity index (χ3n) is 4.23. The summed E-state index contributed by atoms with van der Waals surface area (Å²) in [5.41, 5.74) is 1.23. The van der Waals surface area contributed by atoms with Crippen molar-refractivity contribution < 1.29 is 14.2 Å². The van der Waals surface area contributed by atoms with Crippen molar-refractivity contribution in [1.29, 1.82) is 0 Å². The van der Waals surface area contributed by atoms with E-state index < -0.39 is 0 Å². The number of hydrogen-bond donors (Lipinski definition) is 1. The van der Waals surface area contributed by atoms with Crippen LogP contribution in [0.25, 0.3) is 0 Å². The van der Waals surface area contributed by atoms with Gasteiger partial charge in [0.15, 0.2) is 11.5 Å². The molecule has 0 unspecified atom stereocenters. The standard InChI is InChI=1S/C17H28N2O3/c1-5-6-14(19-9-7-18-8-10-19)13-11-15(20-2)17(22-4)16(12-13)21-3/h11-12,14,18H,5-10H2,1-4H3/t14-/m0/s1. The SMILES string of the molecule is CCC[C@@H](c1cc(OC)c(OC)c(OC)c1)N1CCNCC1. The Kier molecular flexibility index (Phi) is 6.34. The van der Waals surface area contributed by atoms with Gasteiger partial charge in [-0.1, -0.05) is 13.3 Å². The van der Waals surface area contributed by atoms with Gasteiger partial charge in [-0.15, -0.1) is 0 Å². The molecular weight excluding hydrogens is 280 g/mol. The second kappa shape index (κ2) is 8.25. The predicted molar refractivity (Wildman–Crippen MR) is 88.2 cm³/mol. The molecule has 1 aromatic carbocycles. The van der Waals surface area contributed by atoms with Gasteiger partial charge in [-0.3, -0.25) is 4.90 Å². The summed E-state index contributed by atoms with van der Waals surface area (Å²) >= 11 is 0. The maximum Gasteiger partial charge on any atom is 0.203 e. The summed E-state index contributed by atoms with van der Waals surface area (Å²) in [6.07, 6.45) is 2.27. The third-order valence-corrected chi connectivity index (χ3v) is 4.23. The first-order chi connectivity index (χ1) is 10.7. The van der Waals surface area contributed by atoms with Gasteiger partial charge in [0.05, 0.1) is 21.3 Å². The van der Waals surface area contributed by atoms with E-state index in [0.29, 0.717) is 11.8 Å². The molecule has 5 heteroatoms. The number of hydrogen-bond acceptors (Lipinski definition) is 5. The summed E-state index contributed by atoms with van der Waals surface area (Å²) in [6, 6.07) is 4.56. The fraction of sp³-hybridized carbons (Fsp3) is 0.647. The Morgan fingerprint density at radius 1 is 1.05 bits per heavy atom. The molecule has 0 amide bonds. The largest absolute Gasteiger partial charge is 0.493 e. The van der Waals surface area contributed by atoms with Gasteiger partial charge in [0.25, 0.3) is 0 Å². The molecule has 22 heavy (non-hydrogen) atoms. The molecule has 0 aliphatic carbocycles. The summed E-state index contributed by atoms with van der Waals surface area (Å²) in [5, 5.41) is 3.42. The van der Waals surface area contributed by atoms with Crippen LogP contribution in [0.2, 0.25) is 0 Å². The van der Waals surface area contributed by atoms with E-state index >= 15 is 0 Å². The Labute approximate surface area is 133 Å². The van der Waals surface area contributed by atoms with Gasteiger partial charge < -0.3 is 19.5 Å². The molecule has 1 aliphatic heterocycles. The number of benzene rings is 1. The zero-order valence-electron chi connectivity index (χ0n) is 14.1. The maximum atomic E-state index is 5.50. The average Bonchev–Trinajstić information content (AvgIpc) is 2.59. The molecular formula is C17H28N2O3. The normalized spacial score (nSPS) is 17.1. The van der Waals surface area contributed by atoms with E-state index in [4.69, 9.17) is 14.2 Å². The minimum Gasteiger partial charge on any atom is -0.493 e. The summed E-state index contributed by atoms with van der Waals surface area (Å²) in [7, 11) is 4.97. The Balaban J connectivity index is 2.37. The Morgan fingerprint density at radius 2 is 1.64 bits per heavy atom. The molecule has 0 radical (unpaired) electrons. The van der Waals surface area contributed by atoms with Crippen molar-refractivity contribution in [2.24, 2.45) is 0 Å². The van der Waals surface area contributed by atoms with Crippen molar-refractivity contribution in [2.75, 3.05) is 47.5 Å². The lowest BCUT2D eigenvalue weighted by Gasteiger charge is -2.35. The van der Waals surface area contributed by atoms with Gasteiger partial charge in [-0.25, -0.2) is 0 Å². The van der Waals surface area contributed by atoms with Crippen LogP contribution in [0.15, 0.2) is 12.1 Å². The van der Waals surface area contributed by atoms with Crippen LogP contribution in [0, 0.1) is 0 Å². The summed E-state index contributed by atoms with van der Waals surface area (Å²) in [5.74, 6) is 2.12. The van der Waals surface area contributed by atoms with E-state index in [1.54, 1.807) is 21.3 Å². The van der Waals surface area contributed by atoms with E-state index in [0.717, 1.165) is 50.5 Å². The van der Waals surface area contributed by atoms with Crippen molar-refractivity contribution >= 4 is 0 Å². The molecule has 1 aliphatic rings. The molecule has 1 aromatic rings. The molecule has 5 nitrogen and oxygen atoms in total. The van der Waals surface area contributed by atoms with Gasteiger partial charge in [-0.2, -0.15) is 0 Å². The van der Waals surface area contributed by atoms with E-state index in [1.807, 2.05) is 0 Å². The fourth-order valence-electron chi connectivity index (χ4n) is 3.12. The molecule has 1 saturated heterocycles. The van der Waals surface area contributed by atoms with Crippen LogP contribution in [0.4, 0.5) is 0 Å². The van der Waals surface area contributed by atoms with Crippen molar-refractivity contribution in [1.82, 2.24) is 10.2 Å². The molecule has 1 heterocycles. The van der Waals surface area contributed by atoms with E-state index in [9.17, 15) is 0 Å². The van der Waals surface area contributed by atoms with Gasteiger partial charge in [0, 0.05) is 32.2 Å². The topological polar surface area (TPSA) is 43.0 Å². The average molecular weight is 308 g/mol. The van der Waals surface area contributed by atoms with Crippen LogP contribution in [-0.2, 0) is 0 Å². The zero-order valence-corrected chi connectivity index (χ0v) is 14.1. The maximum absolute atomic E-state index is 5.50. The van der Waals surface area contributed by atoms with Gasteiger partial charge in [-0.05, 0) is 24.1 Å². The first kappa shape index (κ1) is 16.9. The second-order valence-corrected chi connectivity index (χ2v) is 5.55. The Hall–Kier alpha value is -1.46. The molecule has 0 aromatic heterocycles. The molecule has 2 rings (SSSR count). The van der Waals surface area contributed by atoms with Crippen LogP contribution in [0.5, 0.6) is 17.2 Å². The Bertz CT molecular complexity index is 448. The molecule has 0 spiro atoms. The highest BCUT2D eigenvalue weighted by molar-refractivity contribution is 5.54. The fourth-order valence-corrected chi connectivity index (χ4v) is 3.12. The molecule has 1 fully saturated rings. The Morgan fingerprint density at radius 3 is 2.09 bits per heavy atom. The first-order valence-corrected chi connectivity index (χ1v) is 7.99. The second-order valence-electron chi connectivity index (χ2n) is 5.55. The molecule has 0 saturated carbocycles. The number of ether oxygens (including phenoxy) is 3. The summed E-state index contributed by atoms with van der Waals surface area (Å²) < 4.78 is 16.4. The lowest BCUT2D eigenvalue weighted by molar-refractivity contribution is 0.164. The minimum absolute atomic E-state index is 0.390. The number of nitrogens with zero attached hydrogens (tertiary/aromatic N) is 1. The van der Waals surface area contributed by atoms with Crippen molar-refractivity contribution in [3.05, 3.63) is 17.7 Å². The van der Waals surface area contributed by atoms with Gasteiger partial charge >= 0.3 is 0 Å².